The summed E-state index contributed by atoms with van der Waals surface area (Å²) in [7, 11) is 0. The van der Waals surface area contributed by atoms with Gasteiger partial charge in [0.25, 0.3) is 5.56 Å². The first-order valence-electron chi connectivity index (χ1n) is 9.40. The largest absolute Gasteiger partial charge is 0.491 e. The summed E-state index contributed by atoms with van der Waals surface area (Å²) in [5.74, 6) is 0.838. The minimum atomic E-state index is -0.126. The van der Waals surface area contributed by atoms with Crippen LogP contribution in [0.25, 0.3) is 0 Å². The molecule has 0 aliphatic carbocycles. The summed E-state index contributed by atoms with van der Waals surface area (Å²) in [6.45, 7) is 7.59. The number of rotatable bonds is 7. The number of ether oxygens (including phenoxy) is 2. The second-order valence-electron chi connectivity index (χ2n) is 6.91. The van der Waals surface area contributed by atoms with Crippen LogP contribution in [0.3, 0.4) is 0 Å². The van der Waals surface area contributed by atoms with Crippen molar-refractivity contribution >= 4 is 5.69 Å². The fourth-order valence-corrected chi connectivity index (χ4v) is 3.28. The van der Waals surface area contributed by atoms with Gasteiger partial charge in [0.05, 0.1) is 31.1 Å². The fourth-order valence-electron chi connectivity index (χ4n) is 3.28. The molecule has 0 spiro atoms. The maximum atomic E-state index is 12.4. The quantitative estimate of drug-likeness (QED) is 0.793. The third-order valence-corrected chi connectivity index (χ3v) is 4.74. The lowest BCUT2D eigenvalue weighted by Crippen LogP contribution is -2.44. The van der Waals surface area contributed by atoms with Crippen molar-refractivity contribution in [3.63, 3.8) is 0 Å². The number of aryl methyl sites for hydroxylation is 2. The lowest BCUT2D eigenvalue weighted by molar-refractivity contribution is 0.0368. The molecule has 0 saturated carbocycles. The fraction of sp³-hybridized carbons (Fsp3) is 0.500. The van der Waals surface area contributed by atoms with E-state index in [4.69, 9.17) is 15.2 Å². The zero-order valence-electron chi connectivity index (χ0n) is 16.1. The Bertz CT molecular complexity index is 819. The van der Waals surface area contributed by atoms with Crippen molar-refractivity contribution in [1.29, 1.82) is 0 Å². The number of nitrogens with two attached hydrogens (primary N) is 1. The van der Waals surface area contributed by atoms with Crippen LogP contribution in [-0.4, -0.2) is 48.7 Å². The topological polar surface area (TPSA) is 82.6 Å². The van der Waals surface area contributed by atoms with Crippen molar-refractivity contribution in [2.45, 2.75) is 32.9 Å². The van der Waals surface area contributed by atoms with Crippen LogP contribution in [0.4, 0.5) is 5.69 Å². The average Bonchev–Trinajstić information content (AvgIpc) is 2.65. The summed E-state index contributed by atoms with van der Waals surface area (Å²) in [4.78, 5) is 14.5. The van der Waals surface area contributed by atoms with Gasteiger partial charge in [0.15, 0.2) is 0 Å². The van der Waals surface area contributed by atoms with Crippen LogP contribution in [0, 0.1) is 13.8 Å². The smallest absolute Gasteiger partial charge is 0.268 e. The first kappa shape index (κ1) is 19.4. The second-order valence-corrected chi connectivity index (χ2v) is 6.91. The van der Waals surface area contributed by atoms with Gasteiger partial charge >= 0.3 is 0 Å². The number of anilines is 1. The lowest BCUT2D eigenvalue weighted by atomic mass is 10.1. The molecule has 1 saturated heterocycles. The van der Waals surface area contributed by atoms with Gasteiger partial charge < -0.3 is 20.1 Å². The molecule has 1 fully saturated rings. The number of hydrogen-bond acceptors (Lipinski definition) is 6. The van der Waals surface area contributed by atoms with E-state index in [2.05, 4.69) is 23.0 Å². The number of aromatic nitrogens is 2. The highest BCUT2D eigenvalue weighted by Gasteiger charge is 2.20. The molecule has 0 bridgehead atoms. The molecule has 7 nitrogen and oxygen atoms in total. The molecule has 1 aliphatic heterocycles. The van der Waals surface area contributed by atoms with E-state index in [-0.39, 0.29) is 11.7 Å². The Morgan fingerprint density at radius 3 is 2.93 bits per heavy atom. The summed E-state index contributed by atoms with van der Waals surface area (Å²) in [6, 6.07) is 7.69. The summed E-state index contributed by atoms with van der Waals surface area (Å²) < 4.78 is 12.9. The lowest BCUT2D eigenvalue weighted by Gasteiger charge is -2.34. The Labute approximate surface area is 159 Å². The monoisotopic (exact) mass is 372 g/mol. The van der Waals surface area contributed by atoms with Gasteiger partial charge in [-0.3, -0.25) is 4.79 Å². The van der Waals surface area contributed by atoms with E-state index in [1.807, 2.05) is 19.1 Å². The Kier molecular flexibility index (Phi) is 6.47. The Morgan fingerprint density at radius 2 is 2.19 bits per heavy atom. The average molecular weight is 372 g/mol. The van der Waals surface area contributed by atoms with Crippen molar-refractivity contribution in [2.75, 3.05) is 37.7 Å². The Balaban J connectivity index is 1.59. The van der Waals surface area contributed by atoms with Gasteiger partial charge in [0, 0.05) is 19.2 Å². The van der Waals surface area contributed by atoms with Crippen LogP contribution in [-0.2, 0) is 11.3 Å². The summed E-state index contributed by atoms with van der Waals surface area (Å²) in [5, 5.41) is 4.31. The highest BCUT2D eigenvalue weighted by molar-refractivity contribution is 5.43. The van der Waals surface area contributed by atoms with Crippen molar-refractivity contribution in [2.24, 2.45) is 5.73 Å². The Morgan fingerprint density at radius 1 is 1.33 bits per heavy atom. The van der Waals surface area contributed by atoms with E-state index in [1.54, 1.807) is 12.3 Å². The molecule has 3 rings (SSSR count). The van der Waals surface area contributed by atoms with Gasteiger partial charge in [-0.15, -0.1) is 0 Å². The normalized spacial score (nSPS) is 17.1. The molecule has 27 heavy (non-hydrogen) atoms. The van der Waals surface area contributed by atoms with Crippen molar-refractivity contribution in [3.8, 4) is 5.75 Å². The van der Waals surface area contributed by atoms with E-state index < -0.39 is 0 Å². The minimum Gasteiger partial charge on any atom is -0.491 e. The van der Waals surface area contributed by atoms with E-state index >= 15 is 0 Å². The van der Waals surface area contributed by atoms with Crippen molar-refractivity contribution < 1.29 is 9.47 Å². The standard InChI is InChI=1S/C20H28N4O3/c1-15-3-4-19(16(2)11-15)27-10-8-24-20(25)12-17(13-22-24)23-7-9-26-18(14-23)5-6-21/h3-4,11-13,18H,5-10,14,21H2,1-2H3/t18-/m0/s1. The molecule has 2 aromatic rings. The Hall–Kier alpha value is -2.38. The predicted molar refractivity (Wildman–Crippen MR) is 106 cm³/mol. The third kappa shape index (κ3) is 5.08. The van der Waals surface area contributed by atoms with Gasteiger partial charge in [-0.25, -0.2) is 4.68 Å². The molecule has 1 aliphatic rings. The van der Waals surface area contributed by atoms with Crippen molar-refractivity contribution in [3.05, 3.63) is 51.9 Å². The molecular formula is C20H28N4O3. The molecule has 0 radical (unpaired) electrons. The molecular weight excluding hydrogens is 344 g/mol. The van der Waals surface area contributed by atoms with Gasteiger partial charge in [-0.1, -0.05) is 17.7 Å². The van der Waals surface area contributed by atoms with Crippen LogP contribution < -0.4 is 20.9 Å². The highest BCUT2D eigenvalue weighted by Crippen LogP contribution is 2.19. The van der Waals surface area contributed by atoms with Crippen molar-refractivity contribution in [1.82, 2.24) is 9.78 Å². The predicted octanol–water partition coefficient (Wildman–Crippen LogP) is 1.49. The third-order valence-electron chi connectivity index (χ3n) is 4.74. The van der Waals surface area contributed by atoms with Crippen LogP contribution in [0.2, 0.25) is 0 Å². The number of nitrogens with zero attached hydrogens (tertiary/aromatic N) is 3. The van der Waals surface area contributed by atoms with Crippen LogP contribution in [0.5, 0.6) is 5.75 Å². The maximum Gasteiger partial charge on any atom is 0.268 e. The van der Waals surface area contributed by atoms with Gasteiger partial charge in [-0.05, 0) is 38.4 Å². The first-order valence-corrected chi connectivity index (χ1v) is 9.40. The van der Waals surface area contributed by atoms with E-state index in [0.717, 1.165) is 36.5 Å². The van der Waals surface area contributed by atoms with Gasteiger partial charge in [-0.2, -0.15) is 5.10 Å². The summed E-state index contributed by atoms with van der Waals surface area (Å²) >= 11 is 0. The van der Waals surface area contributed by atoms with E-state index in [9.17, 15) is 4.79 Å². The van der Waals surface area contributed by atoms with E-state index in [1.165, 1.54) is 10.2 Å². The van der Waals surface area contributed by atoms with E-state index in [0.29, 0.717) is 26.3 Å². The SMILES string of the molecule is Cc1ccc(OCCn2ncc(N3CCO[C@@H](CCN)C3)cc2=O)c(C)c1. The molecule has 1 aromatic heterocycles. The molecule has 2 N–H and O–H groups in total. The van der Waals surface area contributed by atoms with Crippen LogP contribution in [0.15, 0.2) is 35.3 Å². The number of benzene rings is 1. The number of morpholine rings is 1. The summed E-state index contributed by atoms with van der Waals surface area (Å²) in [6.07, 6.45) is 2.66. The summed E-state index contributed by atoms with van der Waals surface area (Å²) in [5.41, 5.74) is 8.61. The molecule has 0 amide bonds. The first-order chi connectivity index (χ1) is 13.1. The zero-order chi connectivity index (χ0) is 19.2. The molecule has 2 heterocycles. The minimum absolute atomic E-state index is 0.109. The van der Waals surface area contributed by atoms with Crippen LogP contribution in [0.1, 0.15) is 17.5 Å². The molecule has 1 atom stereocenters. The molecule has 7 heteroatoms. The second kappa shape index (κ2) is 9.01. The van der Waals surface area contributed by atoms with Gasteiger partial charge in [0.1, 0.15) is 12.4 Å². The molecule has 1 aromatic carbocycles. The molecule has 146 valence electrons. The molecule has 0 unspecified atom stereocenters. The zero-order valence-corrected chi connectivity index (χ0v) is 16.1. The maximum absolute atomic E-state index is 12.4. The number of hydrogen-bond donors (Lipinski definition) is 1. The van der Waals surface area contributed by atoms with Gasteiger partial charge in [0.2, 0.25) is 0 Å². The highest BCUT2D eigenvalue weighted by atomic mass is 16.5. The van der Waals surface area contributed by atoms with Crippen LogP contribution >= 0.6 is 0 Å².